The predicted octanol–water partition coefficient (Wildman–Crippen LogP) is 1.22. The summed E-state index contributed by atoms with van der Waals surface area (Å²) in [6.07, 6.45) is 0.191. The van der Waals surface area contributed by atoms with Crippen LogP contribution in [0.3, 0.4) is 0 Å². The van der Waals surface area contributed by atoms with Crippen LogP contribution in [0.2, 0.25) is 0 Å². The molecule has 2 aromatic rings. The van der Waals surface area contributed by atoms with E-state index in [1.165, 1.54) is 0 Å². The number of aromatic nitrogens is 3. The van der Waals surface area contributed by atoms with Crippen molar-refractivity contribution < 1.29 is 14.3 Å². The van der Waals surface area contributed by atoms with Crippen LogP contribution in [0.25, 0.3) is 0 Å². The number of benzene rings is 1. The Kier molecular flexibility index (Phi) is 3.67. The van der Waals surface area contributed by atoms with E-state index in [1.807, 2.05) is 6.92 Å². The van der Waals surface area contributed by atoms with Gasteiger partial charge in [0.15, 0.2) is 17.7 Å². The largest absolute Gasteiger partial charge is 0.478 e. The molecule has 0 spiro atoms. The number of anilines is 1. The van der Waals surface area contributed by atoms with Crippen LogP contribution in [0.1, 0.15) is 35.9 Å². The fourth-order valence-corrected chi connectivity index (χ4v) is 3.22. The number of amides is 2. The Morgan fingerprint density at radius 3 is 3.00 bits per heavy atom. The van der Waals surface area contributed by atoms with Crippen molar-refractivity contribution in [3.05, 3.63) is 35.4 Å². The van der Waals surface area contributed by atoms with E-state index in [2.05, 4.69) is 20.1 Å². The third kappa shape index (κ3) is 2.54. The van der Waals surface area contributed by atoms with Crippen LogP contribution in [-0.4, -0.2) is 44.1 Å². The van der Waals surface area contributed by atoms with E-state index in [1.54, 1.807) is 30.0 Å². The summed E-state index contributed by atoms with van der Waals surface area (Å²) in [5, 5.41) is 11.1. The van der Waals surface area contributed by atoms with Crippen molar-refractivity contribution in [2.45, 2.75) is 39.5 Å². The Labute approximate surface area is 144 Å². The Hall–Kier alpha value is -2.90. The number of carbonyl (C=O) groups is 2. The molecule has 1 aromatic carbocycles. The van der Waals surface area contributed by atoms with Crippen LogP contribution in [0.15, 0.2) is 18.2 Å². The lowest BCUT2D eigenvalue weighted by Crippen LogP contribution is -2.40. The summed E-state index contributed by atoms with van der Waals surface area (Å²) in [6.45, 7) is 5.38. The summed E-state index contributed by atoms with van der Waals surface area (Å²) in [6, 6.07) is 5.20. The van der Waals surface area contributed by atoms with Crippen molar-refractivity contribution in [2.75, 3.05) is 11.9 Å². The van der Waals surface area contributed by atoms with Crippen molar-refractivity contribution in [3.63, 3.8) is 0 Å². The molecule has 1 aromatic heterocycles. The summed E-state index contributed by atoms with van der Waals surface area (Å²) in [5.41, 5.74) is 0.982. The van der Waals surface area contributed by atoms with Crippen molar-refractivity contribution in [1.29, 1.82) is 0 Å². The summed E-state index contributed by atoms with van der Waals surface area (Å²) < 4.78 is 7.76. The second-order valence-electron chi connectivity index (χ2n) is 6.20. The van der Waals surface area contributed by atoms with Gasteiger partial charge in [-0.2, -0.15) is 0 Å². The fourth-order valence-electron chi connectivity index (χ4n) is 3.22. The van der Waals surface area contributed by atoms with Gasteiger partial charge in [-0.05, 0) is 19.1 Å². The minimum absolute atomic E-state index is 0.132. The number of nitrogens with one attached hydrogen (secondary N) is 1. The molecule has 25 heavy (non-hydrogen) atoms. The Morgan fingerprint density at radius 2 is 2.20 bits per heavy atom. The number of hydrogen-bond acceptors (Lipinski definition) is 5. The van der Waals surface area contributed by atoms with E-state index in [0.717, 1.165) is 18.1 Å². The maximum atomic E-state index is 13.0. The number of para-hydroxylation sites is 1. The van der Waals surface area contributed by atoms with Crippen LogP contribution in [0, 0.1) is 0 Å². The van der Waals surface area contributed by atoms with Gasteiger partial charge in [0.05, 0.1) is 17.8 Å². The van der Waals surface area contributed by atoms with E-state index < -0.39 is 6.10 Å². The number of rotatable bonds is 2. The maximum absolute atomic E-state index is 13.0. The molecule has 0 bridgehead atoms. The van der Waals surface area contributed by atoms with Gasteiger partial charge in [-0.25, -0.2) is 0 Å². The number of fused-ring (bicyclic) bond motifs is 2. The Bertz CT molecular complexity index is 860. The zero-order chi connectivity index (χ0) is 17.6. The SMILES string of the molecule is CCc1nnc2n1CCN(C(=O)c1cccc3c1O[C@H](C)C(=O)N3)C2. The second-order valence-corrected chi connectivity index (χ2v) is 6.20. The molecule has 2 amide bonds. The minimum atomic E-state index is -0.627. The molecule has 0 unspecified atom stereocenters. The molecule has 0 radical (unpaired) electrons. The highest BCUT2D eigenvalue weighted by Crippen LogP contribution is 2.34. The smallest absolute Gasteiger partial charge is 0.265 e. The minimum Gasteiger partial charge on any atom is -0.478 e. The van der Waals surface area contributed by atoms with E-state index in [9.17, 15) is 9.59 Å². The van der Waals surface area contributed by atoms with Gasteiger partial charge < -0.3 is 19.5 Å². The molecule has 1 N–H and O–H groups in total. The maximum Gasteiger partial charge on any atom is 0.265 e. The van der Waals surface area contributed by atoms with Crippen molar-refractivity contribution in [2.24, 2.45) is 0 Å². The van der Waals surface area contributed by atoms with Crippen LogP contribution < -0.4 is 10.1 Å². The quantitative estimate of drug-likeness (QED) is 0.887. The van der Waals surface area contributed by atoms with Gasteiger partial charge in [0, 0.05) is 19.5 Å². The van der Waals surface area contributed by atoms with Crippen LogP contribution >= 0.6 is 0 Å². The van der Waals surface area contributed by atoms with Gasteiger partial charge in [0.2, 0.25) is 0 Å². The summed E-state index contributed by atoms with van der Waals surface area (Å²) in [4.78, 5) is 26.5. The second kappa shape index (κ2) is 5.87. The Morgan fingerprint density at radius 1 is 1.36 bits per heavy atom. The predicted molar refractivity (Wildman–Crippen MR) is 89.3 cm³/mol. The van der Waals surface area contributed by atoms with Gasteiger partial charge >= 0.3 is 0 Å². The van der Waals surface area contributed by atoms with Gasteiger partial charge in [0.25, 0.3) is 11.8 Å². The van der Waals surface area contributed by atoms with Gasteiger partial charge in [-0.15, -0.1) is 10.2 Å². The third-order valence-electron chi connectivity index (χ3n) is 4.60. The number of carbonyl (C=O) groups excluding carboxylic acids is 2. The third-order valence-corrected chi connectivity index (χ3v) is 4.60. The number of ether oxygens (including phenoxy) is 1. The van der Waals surface area contributed by atoms with Crippen molar-refractivity contribution in [1.82, 2.24) is 19.7 Å². The molecule has 0 fully saturated rings. The average Bonchev–Trinajstić information content (AvgIpc) is 3.04. The number of aryl methyl sites for hydroxylation is 1. The first-order valence-electron chi connectivity index (χ1n) is 8.39. The van der Waals surface area contributed by atoms with Gasteiger partial charge in [-0.1, -0.05) is 13.0 Å². The molecule has 3 heterocycles. The summed E-state index contributed by atoms with van der Waals surface area (Å²) >= 11 is 0. The van der Waals surface area contributed by atoms with Gasteiger partial charge in [0.1, 0.15) is 5.82 Å². The van der Waals surface area contributed by atoms with E-state index in [4.69, 9.17) is 4.74 Å². The van der Waals surface area contributed by atoms with Gasteiger partial charge in [-0.3, -0.25) is 9.59 Å². The fraction of sp³-hybridized carbons (Fsp3) is 0.412. The molecule has 8 nitrogen and oxygen atoms in total. The zero-order valence-electron chi connectivity index (χ0n) is 14.2. The molecule has 0 saturated carbocycles. The van der Waals surface area contributed by atoms with Crippen LogP contribution in [0.5, 0.6) is 5.75 Å². The average molecular weight is 341 g/mol. The number of nitrogens with zero attached hydrogens (tertiary/aromatic N) is 4. The number of hydrogen-bond donors (Lipinski definition) is 1. The van der Waals surface area contributed by atoms with Crippen molar-refractivity contribution >= 4 is 17.5 Å². The molecule has 2 aliphatic heterocycles. The molecule has 1 atom stereocenters. The van der Waals surface area contributed by atoms with E-state index in [-0.39, 0.29) is 11.8 Å². The molecule has 2 aliphatic rings. The van der Waals surface area contributed by atoms with E-state index in [0.29, 0.717) is 36.6 Å². The highest BCUT2D eigenvalue weighted by molar-refractivity contribution is 6.04. The normalized spacial score (nSPS) is 18.9. The topological polar surface area (TPSA) is 89.3 Å². The zero-order valence-corrected chi connectivity index (χ0v) is 14.2. The molecular weight excluding hydrogens is 322 g/mol. The Balaban J connectivity index is 1.62. The highest BCUT2D eigenvalue weighted by atomic mass is 16.5. The first-order chi connectivity index (χ1) is 12.1. The molecule has 130 valence electrons. The lowest BCUT2D eigenvalue weighted by atomic mass is 10.1. The molecule has 0 aliphatic carbocycles. The lowest BCUT2D eigenvalue weighted by molar-refractivity contribution is -0.122. The molecule has 8 heteroatoms. The molecular formula is C17H19N5O3. The highest BCUT2D eigenvalue weighted by Gasteiger charge is 2.31. The summed E-state index contributed by atoms with van der Waals surface area (Å²) in [7, 11) is 0. The summed E-state index contributed by atoms with van der Waals surface area (Å²) in [5.74, 6) is 1.83. The first-order valence-corrected chi connectivity index (χ1v) is 8.39. The van der Waals surface area contributed by atoms with Crippen molar-refractivity contribution in [3.8, 4) is 5.75 Å². The van der Waals surface area contributed by atoms with Crippen LogP contribution in [0.4, 0.5) is 5.69 Å². The standard InChI is InChI=1S/C17H19N5O3/c1-3-13-19-20-14-9-21(7-8-22(13)14)17(24)11-5-4-6-12-15(11)25-10(2)16(23)18-12/h4-6,10H,3,7-9H2,1-2H3,(H,18,23)/t10-/m1/s1. The molecule has 4 rings (SSSR count). The molecule has 0 saturated heterocycles. The lowest BCUT2D eigenvalue weighted by Gasteiger charge is -2.30. The van der Waals surface area contributed by atoms with Crippen LogP contribution in [-0.2, 0) is 24.3 Å². The monoisotopic (exact) mass is 341 g/mol. The van der Waals surface area contributed by atoms with E-state index >= 15 is 0 Å². The first kappa shape index (κ1) is 15.6.